The molecule has 0 N–H and O–H groups in total. The fourth-order valence-corrected chi connectivity index (χ4v) is 8.83. The Balaban J connectivity index is 3.32. The zero-order valence-electron chi connectivity index (χ0n) is 15.6. The predicted molar refractivity (Wildman–Crippen MR) is 101 cm³/mol. The highest BCUT2D eigenvalue weighted by Gasteiger charge is 2.41. The summed E-state index contributed by atoms with van der Waals surface area (Å²) in [5, 5.41) is 0. The molecule has 126 valence electrons. The number of ether oxygens (including phenoxy) is 1. The Morgan fingerprint density at radius 2 is 1.65 bits per heavy atom. The number of carbonyl (C=O) groups is 1. The molecule has 0 spiro atoms. The predicted octanol–water partition coefficient (Wildman–Crippen LogP) is 5.47. The summed E-state index contributed by atoms with van der Waals surface area (Å²) in [6, 6.07) is 5.60. The van der Waals surface area contributed by atoms with Crippen molar-refractivity contribution in [3.63, 3.8) is 0 Å². The SMILES string of the molecule is CCOc1cc(C#C[Si](C(C)C)(C(C)C)C(C)C)ccc1C=O. The Morgan fingerprint density at radius 3 is 2.09 bits per heavy atom. The molecule has 1 aromatic rings. The van der Waals surface area contributed by atoms with E-state index in [9.17, 15) is 4.79 Å². The van der Waals surface area contributed by atoms with Crippen molar-refractivity contribution in [3.05, 3.63) is 29.3 Å². The molecule has 0 aliphatic carbocycles. The van der Waals surface area contributed by atoms with Crippen LogP contribution in [0.4, 0.5) is 0 Å². The van der Waals surface area contributed by atoms with Gasteiger partial charge in [-0.15, -0.1) is 5.54 Å². The summed E-state index contributed by atoms with van der Waals surface area (Å²) < 4.78 is 5.56. The van der Waals surface area contributed by atoms with Gasteiger partial charge in [-0.05, 0) is 41.7 Å². The van der Waals surface area contributed by atoms with Crippen LogP contribution in [0.3, 0.4) is 0 Å². The fourth-order valence-electron chi connectivity index (χ4n) is 3.60. The average molecular weight is 331 g/mol. The van der Waals surface area contributed by atoms with E-state index in [2.05, 4.69) is 53.0 Å². The highest BCUT2D eigenvalue weighted by molar-refractivity contribution is 6.90. The highest BCUT2D eigenvalue weighted by Crippen LogP contribution is 2.40. The zero-order valence-corrected chi connectivity index (χ0v) is 16.6. The van der Waals surface area contributed by atoms with Crippen molar-refractivity contribution in [1.29, 1.82) is 0 Å². The number of aldehydes is 1. The second-order valence-corrected chi connectivity index (χ2v) is 12.5. The van der Waals surface area contributed by atoms with Crippen LogP contribution in [0.15, 0.2) is 18.2 Å². The lowest BCUT2D eigenvalue weighted by atomic mass is 10.1. The monoisotopic (exact) mass is 330 g/mol. The number of hydrogen-bond acceptors (Lipinski definition) is 2. The van der Waals surface area contributed by atoms with Gasteiger partial charge >= 0.3 is 0 Å². The second-order valence-electron chi connectivity index (χ2n) is 6.95. The molecule has 0 radical (unpaired) electrons. The van der Waals surface area contributed by atoms with Gasteiger partial charge in [-0.1, -0.05) is 47.5 Å². The van der Waals surface area contributed by atoms with Crippen LogP contribution < -0.4 is 4.74 Å². The summed E-state index contributed by atoms with van der Waals surface area (Å²) in [6.07, 6.45) is 0.831. The van der Waals surface area contributed by atoms with Gasteiger partial charge in [0.15, 0.2) is 6.29 Å². The summed E-state index contributed by atoms with van der Waals surface area (Å²) in [7, 11) is -1.74. The quantitative estimate of drug-likeness (QED) is 0.393. The molecular formula is C20H30O2Si. The maximum atomic E-state index is 11.1. The Kier molecular flexibility index (Phi) is 7.09. The Morgan fingerprint density at radius 1 is 1.09 bits per heavy atom. The van der Waals surface area contributed by atoms with Crippen LogP contribution in [0.25, 0.3) is 0 Å². The topological polar surface area (TPSA) is 26.3 Å². The lowest BCUT2D eigenvalue weighted by Crippen LogP contribution is -2.43. The van der Waals surface area contributed by atoms with Gasteiger partial charge in [0, 0.05) is 5.56 Å². The van der Waals surface area contributed by atoms with E-state index in [1.165, 1.54) is 0 Å². The van der Waals surface area contributed by atoms with Crippen molar-refractivity contribution < 1.29 is 9.53 Å². The van der Waals surface area contributed by atoms with Gasteiger partial charge in [-0.3, -0.25) is 4.79 Å². The molecule has 1 aromatic carbocycles. The summed E-state index contributed by atoms with van der Waals surface area (Å²) in [5.74, 6) is 4.02. The molecule has 23 heavy (non-hydrogen) atoms. The van der Waals surface area contributed by atoms with Gasteiger partial charge in [0.2, 0.25) is 0 Å². The Hall–Kier alpha value is -1.53. The largest absolute Gasteiger partial charge is 0.493 e. The third kappa shape index (κ3) is 4.26. The van der Waals surface area contributed by atoms with Crippen molar-refractivity contribution in [1.82, 2.24) is 0 Å². The van der Waals surface area contributed by atoms with Gasteiger partial charge in [-0.25, -0.2) is 0 Å². The molecule has 3 heteroatoms. The van der Waals surface area contributed by atoms with Gasteiger partial charge < -0.3 is 4.74 Å². The molecule has 0 aromatic heterocycles. The number of benzene rings is 1. The first kappa shape index (κ1) is 19.5. The average Bonchev–Trinajstić information content (AvgIpc) is 2.47. The smallest absolute Gasteiger partial charge is 0.153 e. The Bertz CT molecular complexity index is 570. The van der Waals surface area contributed by atoms with E-state index < -0.39 is 8.07 Å². The fraction of sp³-hybridized carbons (Fsp3) is 0.550. The van der Waals surface area contributed by atoms with Crippen LogP contribution in [-0.2, 0) is 0 Å². The minimum absolute atomic E-state index is 0.542. The standard InChI is InChI=1S/C20H30O2Si/c1-8-22-20-13-18(9-10-19(20)14-21)11-12-23(15(2)3,16(4)5)17(6)7/h9-10,13-17H,8H2,1-7H3. The lowest BCUT2D eigenvalue weighted by Gasteiger charge is -2.38. The number of carbonyl (C=O) groups excluding carboxylic acids is 1. The minimum Gasteiger partial charge on any atom is -0.493 e. The molecule has 0 unspecified atom stereocenters. The van der Waals surface area contributed by atoms with E-state index in [1.54, 1.807) is 6.07 Å². The molecule has 0 saturated heterocycles. The van der Waals surface area contributed by atoms with Crippen LogP contribution in [0, 0.1) is 11.5 Å². The molecule has 0 amide bonds. The van der Waals surface area contributed by atoms with E-state index in [-0.39, 0.29) is 0 Å². The number of rotatable bonds is 6. The maximum absolute atomic E-state index is 11.1. The van der Waals surface area contributed by atoms with Crippen molar-refractivity contribution in [2.45, 2.75) is 65.1 Å². The van der Waals surface area contributed by atoms with Crippen LogP contribution in [0.5, 0.6) is 5.75 Å². The van der Waals surface area contributed by atoms with E-state index in [1.807, 2.05) is 19.1 Å². The van der Waals surface area contributed by atoms with E-state index in [0.29, 0.717) is 34.5 Å². The van der Waals surface area contributed by atoms with Crippen LogP contribution in [0.2, 0.25) is 16.6 Å². The molecule has 0 heterocycles. The van der Waals surface area contributed by atoms with Gasteiger partial charge in [0.25, 0.3) is 0 Å². The summed E-state index contributed by atoms with van der Waals surface area (Å²) in [5.41, 5.74) is 7.03. The van der Waals surface area contributed by atoms with E-state index >= 15 is 0 Å². The van der Waals surface area contributed by atoms with E-state index in [0.717, 1.165) is 11.8 Å². The molecule has 2 nitrogen and oxygen atoms in total. The van der Waals surface area contributed by atoms with Gasteiger partial charge in [0.1, 0.15) is 13.8 Å². The molecular weight excluding hydrogens is 300 g/mol. The first-order chi connectivity index (χ1) is 10.8. The first-order valence-electron chi connectivity index (χ1n) is 8.54. The molecule has 0 bridgehead atoms. The van der Waals surface area contributed by atoms with Gasteiger partial charge in [-0.2, -0.15) is 0 Å². The normalized spacial score (nSPS) is 11.6. The third-order valence-electron chi connectivity index (χ3n) is 4.73. The summed E-state index contributed by atoms with van der Waals surface area (Å²) >= 11 is 0. The van der Waals surface area contributed by atoms with Crippen LogP contribution >= 0.6 is 0 Å². The lowest BCUT2D eigenvalue weighted by molar-refractivity contribution is 0.112. The number of hydrogen-bond donors (Lipinski definition) is 0. The minimum atomic E-state index is -1.74. The van der Waals surface area contributed by atoms with Crippen molar-refractivity contribution in [2.24, 2.45) is 0 Å². The molecule has 1 rings (SSSR count). The summed E-state index contributed by atoms with van der Waals surface area (Å²) in [4.78, 5) is 11.1. The van der Waals surface area contributed by atoms with Crippen molar-refractivity contribution in [2.75, 3.05) is 6.61 Å². The van der Waals surface area contributed by atoms with Crippen LogP contribution in [-0.4, -0.2) is 21.0 Å². The third-order valence-corrected chi connectivity index (χ3v) is 11.0. The maximum Gasteiger partial charge on any atom is 0.153 e. The molecule has 0 aliphatic heterocycles. The molecule has 0 fully saturated rings. The zero-order chi connectivity index (χ0) is 17.6. The molecule has 0 aliphatic rings. The second kappa shape index (κ2) is 8.36. The van der Waals surface area contributed by atoms with E-state index in [4.69, 9.17) is 4.74 Å². The highest BCUT2D eigenvalue weighted by atomic mass is 28.3. The van der Waals surface area contributed by atoms with Crippen molar-refractivity contribution >= 4 is 14.4 Å². The van der Waals surface area contributed by atoms with Crippen molar-refractivity contribution in [3.8, 4) is 17.2 Å². The molecule has 0 saturated carbocycles. The Labute approximate surface area is 142 Å². The molecule has 0 atom stereocenters. The van der Waals surface area contributed by atoms with Crippen LogP contribution in [0.1, 0.15) is 64.4 Å². The first-order valence-corrected chi connectivity index (χ1v) is 10.8. The van der Waals surface area contributed by atoms with Gasteiger partial charge in [0.05, 0.1) is 12.2 Å². The summed E-state index contributed by atoms with van der Waals surface area (Å²) in [6.45, 7) is 16.3.